The van der Waals surface area contributed by atoms with Gasteiger partial charge in [0.25, 0.3) is 5.91 Å². The van der Waals surface area contributed by atoms with Gasteiger partial charge < -0.3 is 15.1 Å². The molecule has 1 N–H and O–H groups in total. The Balaban J connectivity index is 1.65. The molecule has 1 aromatic rings. The summed E-state index contributed by atoms with van der Waals surface area (Å²) < 4.78 is 0. The lowest BCUT2D eigenvalue weighted by Gasteiger charge is -2.32. The van der Waals surface area contributed by atoms with Crippen LogP contribution in [0.5, 0.6) is 0 Å². The molecular formula is C13H17N5O2. The van der Waals surface area contributed by atoms with Gasteiger partial charge in [0.2, 0.25) is 6.41 Å². The Morgan fingerprint density at radius 3 is 2.65 bits per heavy atom. The monoisotopic (exact) mass is 275 g/mol. The van der Waals surface area contributed by atoms with Gasteiger partial charge >= 0.3 is 0 Å². The molecule has 0 spiro atoms. The third kappa shape index (κ3) is 2.87. The van der Waals surface area contributed by atoms with Crippen molar-refractivity contribution >= 4 is 18.1 Å². The quantitative estimate of drug-likeness (QED) is 0.780. The summed E-state index contributed by atoms with van der Waals surface area (Å²) in [4.78, 5) is 34.6. The second kappa shape index (κ2) is 5.44. The van der Waals surface area contributed by atoms with Crippen LogP contribution in [-0.4, -0.2) is 64.3 Å². The maximum Gasteiger partial charge on any atom is 0.272 e. The van der Waals surface area contributed by atoms with Gasteiger partial charge in [0.05, 0.1) is 0 Å². The molecule has 1 saturated carbocycles. The van der Waals surface area contributed by atoms with E-state index in [-0.39, 0.29) is 5.91 Å². The second-order valence-corrected chi connectivity index (χ2v) is 5.14. The van der Waals surface area contributed by atoms with Gasteiger partial charge in [-0.15, -0.1) is 0 Å². The lowest BCUT2D eigenvalue weighted by molar-refractivity contribution is -0.119. The van der Waals surface area contributed by atoms with Gasteiger partial charge in [-0.3, -0.25) is 9.59 Å². The summed E-state index contributed by atoms with van der Waals surface area (Å²) in [6, 6.07) is 2.19. The Morgan fingerprint density at radius 1 is 1.25 bits per heavy atom. The van der Waals surface area contributed by atoms with Crippen molar-refractivity contribution in [2.75, 3.05) is 31.5 Å². The van der Waals surface area contributed by atoms with E-state index in [1.807, 2.05) is 0 Å². The van der Waals surface area contributed by atoms with Crippen molar-refractivity contribution in [1.82, 2.24) is 19.8 Å². The minimum Gasteiger partial charge on any atom is -0.367 e. The van der Waals surface area contributed by atoms with Crippen molar-refractivity contribution in [2.24, 2.45) is 0 Å². The highest BCUT2D eigenvalue weighted by Gasteiger charge is 2.24. The van der Waals surface area contributed by atoms with E-state index < -0.39 is 0 Å². The summed E-state index contributed by atoms with van der Waals surface area (Å²) in [7, 11) is 0. The Morgan fingerprint density at radius 2 is 2.00 bits per heavy atom. The van der Waals surface area contributed by atoms with E-state index in [1.165, 1.54) is 6.33 Å². The van der Waals surface area contributed by atoms with E-state index in [0.717, 1.165) is 19.3 Å². The van der Waals surface area contributed by atoms with Crippen LogP contribution in [0.1, 0.15) is 23.3 Å². The summed E-state index contributed by atoms with van der Waals surface area (Å²) in [6.07, 6.45) is 4.55. The van der Waals surface area contributed by atoms with Gasteiger partial charge in [0, 0.05) is 38.3 Å². The van der Waals surface area contributed by atoms with E-state index in [0.29, 0.717) is 43.7 Å². The van der Waals surface area contributed by atoms with Crippen molar-refractivity contribution in [3.05, 3.63) is 18.1 Å². The second-order valence-electron chi connectivity index (χ2n) is 5.14. The fourth-order valence-electron chi connectivity index (χ4n) is 2.18. The summed E-state index contributed by atoms with van der Waals surface area (Å²) in [5.41, 5.74) is 0.405. The Hall–Kier alpha value is -2.18. The van der Waals surface area contributed by atoms with Crippen LogP contribution >= 0.6 is 0 Å². The standard InChI is InChI=1S/C13H17N5O2/c19-9-17-3-5-18(6-4-17)13(20)11-7-12(15-8-14-11)16-10-1-2-10/h7-10H,1-6H2,(H,14,15,16). The van der Waals surface area contributed by atoms with Crippen molar-refractivity contribution in [1.29, 1.82) is 0 Å². The average Bonchev–Trinajstić information content (AvgIpc) is 3.31. The molecule has 20 heavy (non-hydrogen) atoms. The molecule has 7 nitrogen and oxygen atoms in total. The van der Waals surface area contributed by atoms with Crippen LogP contribution in [-0.2, 0) is 4.79 Å². The van der Waals surface area contributed by atoms with Gasteiger partial charge in [-0.25, -0.2) is 9.97 Å². The van der Waals surface area contributed by atoms with Crippen LogP contribution in [0.4, 0.5) is 5.82 Å². The molecule has 3 rings (SSSR count). The highest BCUT2D eigenvalue weighted by atomic mass is 16.2. The van der Waals surface area contributed by atoms with Crippen LogP contribution in [0.2, 0.25) is 0 Å². The number of rotatable bonds is 4. The number of nitrogens with zero attached hydrogens (tertiary/aromatic N) is 4. The zero-order valence-corrected chi connectivity index (χ0v) is 11.2. The molecule has 1 aromatic heterocycles. The number of carbonyl (C=O) groups is 2. The Labute approximate surface area is 117 Å². The molecule has 0 radical (unpaired) electrons. The fraction of sp³-hybridized carbons (Fsp3) is 0.538. The molecule has 2 fully saturated rings. The summed E-state index contributed by atoms with van der Waals surface area (Å²) in [6.45, 7) is 2.25. The smallest absolute Gasteiger partial charge is 0.272 e. The molecule has 1 aliphatic heterocycles. The number of piperazine rings is 1. The number of amides is 2. The maximum absolute atomic E-state index is 12.3. The van der Waals surface area contributed by atoms with Gasteiger partial charge in [0.15, 0.2) is 0 Å². The topological polar surface area (TPSA) is 78.4 Å². The Bertz CT molecular complexity index is 509. The molecule has 106 valence electrons. The fourth-order valence-corrected chi connectivity index (χ4v) is 2.18. The van der Waals surface area contributed by atoms with E-state index in [1.54, 1.807) is 15.9 Å². The predicted octanol–water partition coefficient (Wildman–Crippen LogP) is -0.0349. The highest BCUT2D eigenvalue weighted by molar-refractivity contribution is 5.93. The van der Waals surface area contributed by atoms with Crippen molar-refractivity contribution < 1.29 is 9.59 Å². The predicted molar refractivity (Wildman–Crippen MR) is 72.2 cm³/mol. The van der Waals surface area contributed by atoms with Crippen molar-refractivity contribution in [3.63, 3.8) is 0 Å². The molecule has 0 aromatic carbocycles. The largest absolute Gasteiger partial charge is 0.367 e. The lowest BCUT2D eigenvalue weighted by atomic mass is 10.2. The molecule has 2 aliphatic rings. The zero-order valence-electron chi connectivity index (χ0n) is 11.2. The number of aromatic nitrogens is 2. The van der Waals surface area contributed by atoms with E-state index in [4.69, 9.17) is 0 Å². The number of nitrogens with one attached hydrogen (secondary N) is 1. The van der Waals surface area contributed by atoms with Crippen molar-refractivity contribution in [2.45, 2.75) is 18.9 Å². The zero-order chi connectivity index (χ0) is 13.9. The first kappa shape index (κ1) is 12.8. The lowest BCUT2D eigenvalue weighted by Crippen LogP contribution is -2.48. The third-order valence-corrected chi connectivity index (χ3v) is 3.57. The van der Waals surface area contributed by atoms with Crippen LogP contribution in [0.25, 0.3) is 0 Å². The first-order valence-electron chi connectivity index (χ1n) is 6.83. The average molecular weight is 275 g/mol. The van der Waals surface area contributed by atoms with Crippen LogP contribution in [0, 0.1) is 0 Å². The number of anilines is 1. The molecule has 2 amide bonds. The molecule has 1 saturated heterocycles. The number of hydrogen-bond donors (Lipinski definition) is 1. The molecular weight excluding hydrogens is 258 g/mol. The minimum absolute atomic E-state index is 0.100. The molecule has 0 atom stereocenters. The molecule has 1 aliphatic carbocycles. The van der Waals surface area contributed by atoms with Crippen molar-refractivity contribution in [3.8, 4) is 0 Å². The normalized spacial score (nSPS) is 18.8. The van der Waals surface area contributed by atoms with Crippen LogP contribution < -0.4 is 5.32 Å². The SMILES string of the molecule is O=CN1CCN(C(=O)c2cc(NC3CC3)ncn2)CC1. The van der Waals surface area contributed by atoms with Gasteiger partial charge in [-0.05, 0) is 12.8 Å². The summed E-state index contributed by atoms with van der Waals surface area (Å²) in [5.74, 6) is 0.606. The first-order chi connectivity index (χ1) is 9.76. The van der Waals surface area contributed by atoms with E-state index >= 15 is 0 Å². The summed E-state index contributed by atoms with van der Waals surface area (Å²) in [5, 5.41) is 3.25. The maximum atomic E-state index is 12.3. The first-order valence-corrected chi connectivity index (χ1v) is 6.83. The highest BCUT2D eigenvalue weighted by Crippen LogP contribution is 2.23. The molecule has 0 unspecified atom stereocenters. The summed E-state index contributed by atoms with van der Waals surface area (Å²) >= 11 is 0. The van der Waals surface area contributed by atoms with E-state index in [9.17, 15) is 9.59 Å². The minimum atomic E-state index is -0.100. The molecule has 0 bridgehead atoms. The Kier molecular flexibility index (Phi) is 3.49. The number of carbonyl (C=O) groups excluding carboxylic acids is 2. The molecule has 2 heterocycles. The van der Waals surface area contributed by atoms with Gasteiger partial charge in [-0.1, -0.05) is 0 Å². The van der Waals surface area contributed by atoms with Gasteiger partial charge in [-0.2, -0.15) is 0 Å². The van der Waals surface area contributed by atoms with Crippen LogP contribution in [0.15, 0.2) is 12.4 Å². The molecule has 7 heteroatoms. The van der Waals surface area contributed by atoms with Gasteiger partial charge in [0.1, 0.15) is 17.8 Å². The third-order valence-electron chi connectivity index (χ3n) is 3.57. The number of hydrogen-bond acceptors (Lipinski definition) is 5. The van der Waals surface area contributed by atoms with E-state index in [2.05, 4.69) is 15.3 Å². The van der Waals surface area contributed by atoms with Crippen LogP contribution in [0.3, 0.4) is 0 Å².